The summed E-state index contributed by atoms with van der Waals surface area (Å²) in [6.45, 7) is 2.25. The third kappa shape index (κ3) is 7.05. The highest BCUT2D eigenvalue weighted by molar-refractivity contribution is 7.88. The van der Waals surface area contributed by atoms with Crippen molar-refractivity contribution in [1.82, 2.24) is 9.62 Å². The molecular weight excluding hydrogens is 483 g/mol. The molecule has 0 bridgehead atoms. The van der Waals surface area contributed by atoms with E-state index in [9.17, 15) is 17.6 Å². The van der Waals surface area contributed by atoms with Crippen LogP contribution in [0.25, 0.3) is 0 Å². The lowest BCUT2D eigenvalue weighted by atomic mass is 9.82. The van der Waals surface area contributed by atoms with Crippen molar-refractivity contribution in [2.45, 2.75) is 75.8 Å². The van der Waals surface area contributed by atoms with E-state index in [0.717, 1.165) is 43.1 Å². The monoisotopic (exact) mass is 518 g/mol. The number of likely N-dealkylation sites (tertiary alicyclic amines) is 1. The van der Waals surface area contributed by atoms with Crippen LogP contribution in [0.4, 0.5) is 9.18 Å². The smallest absolute Gasteiger partial charge is 0.410 e. The topological polar surface area (TPSA) is 84.9 Å². The van der Waals surface area contributed by atoms with Gasteiger partial charge in [-0.05, 0) is 68.2 Å². The molecule has 3 atom stereocenters. The molecule has 0 radical (unpaired) electrons. The van der Waals surface area contributed by atoms with E-state index in [4.69, 9.17) is 9.47 Å². The Morgan fingerprint density at radius 2 is 1.81 bits per heavy atom. The van der Waals surface area contributed by atoms with Gasteiger partial charge in [0, 0.05) is 12.1 Å². The van der Waals surface area contributed by atoms with Crippen molar-refractivity contribution in [3.05, 3.63) is 71.5 Å². The normalized spacial score (nSPS) is 26.6. The fourth-order valence-corrected chi connectivity index (χ4v) is 6.23. The van der Waals surface area contributed by atoms with Gasteiger partial charge in [0.15, 0.2) is 0 Å². The summed E-state index contributed by atoms with van der Waals surface area (Å²) in [6, 6.07) is 15.1. The van der Waals surface area contributed by atoms with Crippen LogP contribution in [0.1, 0.15) is 56.1 Å². The van der Waals surface area contributed by atoms with E-state index in [1.807, 2.05) is 43.3 Å². The minimum Gasteiger partial charge on any atom is -0.445 e. The number of hydrogen-bond donors (Lipinski definition) is 1. The van der Waals surface area contributed by atoms with Crippen LogP contribution < -0.4 is 4.72 Å². The van der Waals surface area contributed by atoms with Crippen LogP contribution in [-0.4, -0.2) is 56.5 Å². The number of amides is 1. The highest BCUT2D eigenvalue weighted by atomic mass is 32.2. The van der Waals surface area contributed by atoms with Crippen LogP contribution in [0.15, 0.2) is 54.6 Å². The van der Waals surface area contributed by atoms with Gasteiger partial charge in [0.25, 0.3) is 0 Å². The lowest BCUT2D eigenvalue weighted by molar-refractivity contribution is -0.0111. The van der Waals surface area contributed by atoms with Gasteiger partial charge in [0.2, 0.25) is 10.0 Å². The maximum absolute atomic E-state index is 13.6. The van der Waals surface area contributed by atoms with Crippen LogP contribution >= 0.6 is 0 Å². The molecule has 1 heterocycles. The molecule has 2 fully saturated rings. The zero-order chi connectivity index (χ0) is 25.7. The first kappa shape index (κ1) is 26.6. The maximum Gasteiger partial charge on any atom is 0.410 e. The lowest BCUT2D eigenvalue weighted by Gasteiger charge is -2.33. The van der Waals surface area contributed by atoms with Gasteiger partial charge in [-0.2, -0.15) is 0 Å². The Labute approximate surface area is 213 Å². The number of carbonyl (C=O) groups is 1. The molecule has 1 aliphatic heterocycles. The Bertz CT molecular complexity index is 1120. The van der Waals surface area contributed by atoms with E-state index in [2.05, 4.69) is 4.72 Å². The average Bonchev–Trinajstić information content (AvgIpc) is 3.15. The zero-order valence-corrected chi connectivity index (χ0v) is 21.6. The Kier molecular flexibility index (Phi) is 8.64. The number of ether oxygens (including phenoxy) is 2. The molecule has 36 heavy (non-hydrogen) atoms. The molecule has 7 nitrogen and oxygen atoms in total. The van der Waals surface area contributed by atoms with E-state index < -0.39 is 28.2 Å². The van der Waals surface area contributed by atoms with Crippen LogP contribution in [0, 0.1) is 5.82 Å². The molecule has 0 aromatic heterocycles. The molecule has 1 aliphatic carbocycles. The van der Waals surface area contributed by atoms with Crippen molar-refractivity contribution in [2.75, 3.05) is 12.9 Å². The molecule has 0 spiro atoms. The van der Waals surface area contributed by atoms with E-state index in [-0.39, 0.29) is 31.2 Å². The van der Waals surface area contributed by atoms with E-state index in [0.29, 0.717) is 12.3 Å². The summed E-state index contributed by atoms with van der Waals surface area (Å²) >= 11 is 0. The van der Waals surface area contributed by atoms with E-state index >= 15 is 0 Å². The van der Waals surface area contributed by atoms with Crippen molar-refractivity contribution in [2.24, 2.45) is 0 Å². The van der Waals surface area contributed by atoms with Gasteiger partial charge in [-0.25, -0.2) is 22.3 Å². The first-order chi connectivity index (χ1) is 17.2. The predicted molar refractivity (Wildman–Crippen MR) is 135 cm³/mol. The van der Waals surface area contributed by atoms with Gasteiger partial charge in [-0.1, -0.05) is 42.5 Å². The molecule has 1 N–H and O–H groups in total. The number of nitrogens with one attached hydrogen (secondary N) is 1. The second-order valence-corrected chi connectivity index (χ2v) is 11.7. The second kappa shape index (κ2) is 11.7. The molecule has 2 aromatic rings. The first-order valence-corrected chi connectivity index (χ1v) is 14.4. The third-order valence-electron chi connectivity index (χ3n) is 7.17. The standard InChI is InChI=1S/C27H35FN2O5S/c1-19-15-25(29-36(2,32)33)26(30(19)27(31)35-17-20-7-4-3-5-8-20)18-34-24-13-11-21(12-14-24)22-9-6-10-23(28)16-22/h3-10,16,19,21,24-26,29H,11-15,17-18H2,1-2H3/t19-,21-,24+,25+,26+/m1/s1. The van der Waals surface area contributed by atoms with Crippen molar-refractivity contribution in [3.63, 3.8) is 0 Å². The Morgan fingerprint density at radius 1 is 1.08 bits per heavy atom. The molecule has 2 aliphatic rings. The largest absolute Gasteiger partial charge is 0.445 e. The highest BCUT2D eigenvalue weighted by Gasteiger charge is 2.44. The summed E-state index contributed by atoms with van der Waals surface area (Å²) in [7, 11) is -3.47. The summed E-state index contributed by atoms with van der Waals surface area (Å²) in [5.41, 5.74) is 1.90. The number of hydrogen-bond acceptors (Lipinski definition) is 5. The van der Waals surface area contributed by atoms with Crippen LogP contribution in [0.5, 0.6) is 0 Å². The zero-order valence-electron chi connectivity index (χ0n) is 20.8. The molecular formula is C27H35FN2O5S. The fraction of sp³-hybridized carbons (Fsp3) is 0.519. The fourth-order valence-electron chi connectivity index (χ4n) is 5.42. The summed E-state index contributed by atoms with van der Waals surface area (Å²) in [4.78, 5) is 14.7. The molecule has 1 saturated heterocycles. The van der Waals surface area contributed by atoms with E-state index in [1.165, 1.54) is 6.07 Å². The van der Waals surface area contributed by atoms with Gasteiger partial charge in [-0.3, -0.25) is 4.90 Å². The quantitative estimate of drug-likeness (QED) is 0.553. The minimum absolute atomic E-state index is 0.00629. The minimum atomic E-state index is -3.47. The number of sulfonamides is 1. The van der Waals surface area contributed by atoms with Gasteiger partial charge < -0.3 is 9.47 Å². The van der Waals surface area contributed by atoms with Crippen LogP contribution in [0.3, 0.4) is 0 Å². The second-order valence-electron chi connectivity index (χ2n) is 9.96. The van der Waals surface area contributed by atoms with Crippen molar-refractivity contribution in [1.29, 1.82) is 0 Å². The highest BCUT2D eigenvalue weighted by Crippen LogP contribution is 2.35. The van der Waals surface area contributed by atoms with Gasteiger partial charge in [-0.15, -0.1) is 0 Å². The number of benzene rings is 2. The number of carbonyl (C=O) groups excluding carboxylic acids is 1. The van der Waals surface area contributed by atoms with Crippen molar-refractivity contribution >= 4 is 16.1 Å². The maximum atomic E-state index is 13.6. The van der Waals surface area contributed by atoms with Crippen LogP contribution in [0.2, 0.25) is 0 Å². The summed E-state index contributed by atoms with van der Waals surface area (Å²) < 4.78 is 52.2. The predicted octanol–water partition coefficient (Wildman–Crippen LogP) is 4.59. The molecule has 2 aromatic carbocycles. The molecule has 4 rings (SSSR count). The van der Waals surface area contributed by atoms with Gasteiger partial charge in [0.05, 0.1) is 25.0 Å². The molecule has 1 amide bonds. The summed E-state index contributed by atoms with van der Waals surface area (Å²) in [5, 5.41) is 0. The number of rotatable bonds is 8. The Morgan fingerprint density at radius 3 is 2.47 bits per heavy atom. The lowest BCUT2D eigenvalue weighted by Crippen LogP contribution is -2.50. The summed E-state index contributed by atoms with van der Waals surface area (Å²) in [5.74, 6) is 0.0843. The molecule has 0 unspecified atom stereocenters. The Hall–Kier alpha value is -2.49. The molecule has 1 saturated carbocycles. The average molecular weight is 519 g/mol. The SMILES string of the molecule is C[C@@H]1C[C@H](NS(C)(=O)=O)[C@H](CO[C@H]2CC[C@@H](c3cccc(F)c3)CC2)N1C(=O)OCc1ccccc1. The van der Waals surface area contributed by atoms with Crippen LogP contribution in [-0.2, 0) is 26.1 Å². The van der Waals surface area contributed by atoms with Gasteiger partial charge >= 0.3 is 6.09 Å². The van der Waals surface area contributed by atoms with Crippen molar-refractivity contribution in [3.8, 4) is 0 Å². The Balaban J connectivity index is 1.38. The molecule has 9 heteroatoms. The summed E-state index contributed by atoms with van der Waals surface area (Å²) in [6.07, 6.45) is 4.57. The number of nitrogens with zero attached hydrogens (tertiary/aromatic N) is 1. The van der Waals surface area contributed by atoms with Crippen molar-refractivity contribution < 1.29 is 27.1 Å². The third-order valence-corrected chi connectivity index (χ3v) is 7.90. The first-order valence-electron chi connectivity index (χ1n) is 12.5. The number of halogens is 1. The van der Waals surface area contributed by atoms with E-state index in [1.54, 1.807) is 17.0 Å². The van der Waals surface area contributed by atoms with Gasteiger partial charge in [0.1, 0.15) is 12.4 Å². The molecule has 196 valence electrons.